The van der Waals surface area contributed by atoms with E-state index in [1.165, 1.54) is 11.1 Å². The van der Waals surface area contributed by atoms with Gasteiger partial charge in [-0.1, -0.05) is 24.3 Å². The quantitative estimate of drug-likeness (QED) is 0.865. The van der Waals surface area contributed by atoms with Crippen LogP contribution in [-0.4, -0.2) is 11.5 Å². The van der Waals surface area contributed by atoms with Crippen molar-refractivity contribution in [3.8, 4) is 0 Å². The summed E-state index contributed by atoms with van der Waals surface area (Å²) in [5.74, 6) is 0.885. The Kier molecular flexibility index (Phi) is 3.82. The van der Waals surface area contributed by atoms with Gasteiger partial charge in [0, 0.05) is 6.54 Å². The number of nitrogens with zero attached hydrogens (tertiary/aromatic N) is 1. The minimum atomic E-state index is 0.736. The molecule has 0 spiro atoms. The lowest BCUT2D eigenvalue weighted by atomic mass is 10.1. The van der Waals surface area contributed by atoms with Gasteiger partial charge < -0.3 is 11.1 Å². The van der Waals surface area contributed by atoms with E-state index in [9.17, 15) is 0 Å². The zero-order valence-corrected chi connectivity index (χ0v) is 10.9. The number of nitrogen functional groups attached to an aromatic ring is 1. The molecule has 0 aliphatic heterocycles. The first-order valence-corrected chi connectivity index (χ1v) is 6.18. The first kappa shape index (κ1) is 12.4. The zero-order valence-electron chi connectivity index (χ0n) is 10.9. The van der Waals surface area contributed by atoms with Crippen LogP contribution in [-0.2, 0) is 6.42 Å². The molecule has 1 aromatic heterocycles. The molecule has 3 nitrogen and oxygen atoms in total. The van der Waals surface area contributed by atoms with Crippen molar-refractivity contribution < 1.29 is 0 Å². The minimum absolute atomic E-state index is 0.736. The molecule has 0 amide bonds. The van der Waals surface area contributed by atoms with Gasteiger partial charge >= 0.3 is 0 Å². The summed E-state index contributed by atoms with van der Waals surface area (Å²) in [5.41, 5.74) is 10.1. The second-order valence-corrected chi connectivity index (χ2v) is 4.47. The van der Waals surface area contributed by atoms with E-state index in [0.29, 0.717) is 0 Å². The fraction of sp³-hybridized carbons (Fsp3) is 0.267. The number of nitrogens with two attached hydrogens (primary N) is 1. The molecule has 94 valence electrons. The molecular weight excluding hydrogens is 222 g/mol. The summed E-state index contributed by atoms with van der Waals surface area (Å²) in [6, 6.07) is 12.3. The highest BCUT2D eigenvalue weighted by atomic mass is 15.0. The summed E-state index contributed by atoms with van der Waals surface area (Å²) in [5, 5.41) is 3.32. The number of benzene rings is 1. The molecule has 0 fully saturated rings. The Morgan fingerprint density at radius 3 is 2.61 bits per heavy atom. The Bertz CT molecular complexity index is 535. The van der Waals surface area contributed by atoms with E-state index in [-0.39, 0.29) is 0 Å². The van der Waals surface area contributed by atoms with Crippen LogP contribution < -0.4 is 11.1 Å². The fourth-order valence-electron chi connectivity index (χ4n) is 1.89. The number of rotatable bonds is 4. The highest BCUT2D eigenvalue weighted by Crippen LogP contribution is 2.12. The average molecular weight is 241 g/mol. The maximum absolute atomic E-state index is 5.74. The largest absolute Gasteiger partial charge is 0.397 e. The molecule has 0 radical (unpaired) electrons. The minimum Gasteiger partial charge on any atom is -0.397 e. The molecule has 0 atom stereocenters. The highest BCUT2D eigenvalue weighted by molar-refractivity contribution is 5.49. The molecule has 0 saturated heterocycles. The third-order valence-electron chi connectivity index (χ3n) is 3.09. The van der Waals surface area contributed by atoms with E-state index in [0.717, 1.165) is 30.2 Å². The number of nitrogens with one attached hydrogen (secondary N) is 1. The van der Waals surface area contributed by atoms with E-state index >= 15 is 0 Å². The number of pyridine rings is 1. The Hall–Kier alpha value is -2.03. The van der Waals surface area contributed by atoms with Crippen molar-refractivity contribution >= 4 is 11.5 Å². The maximum Gasteiger partial charge on any atom is 0.126 e. The van der Waals surface area contributed by atoms with E-state index in [1.807, 2.05) is 19.1 Å². The van der Waals surface area contributed by atoms with Crippen LogP contribution in [0, 0.1) is 13.8 Å². The Morgan fingerprint density at radius 2 is 1.89 bits per heavy atom. The van der Waals surface area contributed by atoms with Gasteiger partial charge in [0.05, 0.1) is 11.4 Å². The van der Waals surface area contributed by atoms with E-state index in [1.54, 1.807) is 0 Å². The first-order chi connectivity index (χ1) is 8.66. The first-order valence-electron chi connectivity index (χ1n) is 6.18. The standard InChI is InChI=1S/C15H19N3/c1-11-5-3-4-6-13(11)9-10-17-15-8-7-14(16)12(2)18-15/h3-8H,9-10,16H2,1-2H3,(H,17,18). The zero-order chi connectivity index (χ0) is 13.0. The van der Waals surface area contributed by atoms with Gasteiger partial charge in [0.1, 0.15) is 5.82 Å². The van der Waals surface area contributed by atoms with Crippen LogP contribution in [0.15, 0.2) is 36.4 Å². The van der Waals surface area contributed by atoms with Crippen molar-refractivity contribution in [1.29, 1.82) is 0 Å². The van der Waals surface area contributed by atoms with Gasteiger partial charge in [-0.3, -0.25) is 0 Å². The lowest BCUT2D eigenvalue weighted by Crippen LogP contribution is -2.08. The Labute approximate surface area is 108 Å². The van der Waals surface area contributed by atoms with Gasteiger partial charge in [-0.15, -0.1) is 0 Å². The average Bonchev–Trinajstić information content (AvgIpc) is 2.36. The second-order valence-electron chi connectivity index (χ2n) is 4.47. The van der Waals surface area contributed by atoms with Crippen molar-refractivity contribution in [3.05, 3.63) is 53.2 Å². The highest BCUT2D eigenvalue weighted by Gasteiger charge is 1.99. The molecule has 1 aromatic carbocycles. The predicted octanol–water partition coefficient (Wildman–Crippen LogP) is 2.94. The number of hydrogen-bond acceptors (Lipinski definition) is 3. The molecular formula is C15H19N3. The van der Waals surface area contributed by atoms with Crippen molar-refractivity contribution in [2.45, 2.75) is 20.3 Å². The van der Waals surface area contributed by atoms with Gasteiger partial charge in [0.25, 0.3) is 0 Å². The van der Waals surface area contributed by atoms with Crippen LogP contribution in [0.5, 0.6) is 0 Å². The van der Waals surface area contributed by atoms with Gasteiger partial charge in [-0.05, 0) is 43.5 Å². The molecule has 0 aliphatic carbocycles. The molecule has 3 heteroatoms. The number of aromatic nitrogens is 1. The SMILES string of the molecule is Cc1ccccc1CCNc1ccc(N)c(C)n1. The topological polar surface area (TPSA) is 50.9 Å². The number of aryl methyl sites for hydroxylation is 2. The summed E-state index contributed by atoms with van der Waals surface area (Å²) in [6.07, 6.45) is 0.998. The molecule has 0 bridgehead atoms. The summed E-state index contributed by atoms with van der Waals surface area (Å²) < 4.78 is 0. The van der Waals surface area contributed by atoms with Crippen LogP contribution in [0.2, 0.25) is 0 Å². The van der Waals surface area contributed by atoms with E-state index < -0.39 is 0 Å². The van der Waals surface area contributed by atoms with Crippen molar-refractivity contribution in [3.63, 3.8) is 0 Å². The fourth-order valence-corrected chi connectivity index (χ4v) is 1.89. The lowest BCUT2D eigenvalue weighted by Gasteiger charge is -2.09. The van der Waals surface area contributed by atoms with Gasteiger partial charge in [-0.25, -0.2) is 4.98 Å². The van der Waals surface area contributed by atoms with Crippen molar-refractivity contribution in [2.75, 3.05) is 17.6 Å². The molecule has 18 heavy (non-hydrogen) atoms. The third kappa shape index (κ3) is 3.00. The normalized spacial score (nSPS) is 10.3. The van der Waals surface area contributed by atoms with E-state index in [4.69, 9.17) is 5.73 Å². The smallest absolute Gasteiger partial charge is 0.126 e. The molecule has 0 unspecified atom stereocenters. The lowest BCUT2D eigenvalue weighted by molar-refractivity contribution is 0.990. The number of hydrogen-bond donors (Lipinski definition) is 2. The molecule has 2 aromatic rings. The molecule has 2 rings (SSSR count). The van der Waals surface area contributed by atoms with Crippen molar-refractivity contribution in [1.82, 2.24) is 4.98 Å². The van der Waals surface area contributed by atoms with E-state index in [2.05, 4.69) is 41.5 Å². The maximum atomic E-state index is 5.74. The van der Waals surface area contributed by atoms with Gasteiger partial charge in [-0.2, -0.15) is 0 Å². The third-order valence-corrected chi connectivity index (χ3v) is 3.09. The second kappa shape index (κ2) is 5.54. The molecule has 1 heterocycles. The predicted molar refractivity (Wildman–Crippen MR) is 76.8 cm³/mol. The van der Waals surface area contributed by atoms with Gasteiger partial charge in [0.15, 0.2) is 0 Å². The Balaban J connectivity index is 1.92. The van der Waals surface area contributed by atoms with Crippen LogP contribution in [0.25, 0.3) is 0 Å². The monoisotopic (exact) mass is 241 g/mol. The molecule has 3 N–H and O–H groups in total. The van der Waals surface area contributed by atoms with Crippen LogP contribution in [0.3, 0.4) is 0 Å². The molecule has 0 aliphatic rings. The summed E-state index contributed by atoms with van der Waals surface area (Å²) in [4.78, 5) is 4.39. The van der Waals surface area contributed by atoms with Crippen LogP contribution in [0.4, 0.5) is 11.5 Å². The molecule has 0 saturated carbocycles. The van der Waals surface area contributed by atoms with Crippen molar-refractivity contribution in [2.24, 2.45) is 0 Å². The van der Waals surface area contributed by atoms with Crippen LogP contribution in [0.1, 0.15) is 16.8 Å². The van der Waals surface area contributed by atoms with Gasteiger partial charge in [0.2, 0.25) is 0 Å². The number of anilines is 2. The summed E-state index contributed by atoms with van der Waals surface area (Å²) in [6.45, 7) is 4.93. The summed E-state index contributed by atoms with van der Waals surface area (Å²) in [7, 11) is 0. The Morgan fingerprint density at radius 1 is 1.11 bits per heavy atom. The van der Waals surface area contributed by atoms with Crippen LogP contribution >= 0.6 is 0 Å². The summed E-state index contributed by atoms with van der Waals surface area (Å²) >= 11 is 0.